The minimum absolute atomic E-state index is 0.619. The number of nitrogens with one attached hydrogen (secondary N) is 1. The zero-order chi connectivity index (χ0) is 13.0. The topological polar surface area (TPSA) is 12.0 Å². The molecule has 0 amide bonds. The van der Waals surface area contributed by atoms with Gasteiger partial charge >= 0.3 is 0 Å². The summed E-state index contributed by atoms with van der Waals surface area (Å²) in [6, 6.07) is 7.66. The van der Waals surface area contributed by atoms with Gasteiger partial charge in [0, 0.05) is 12.6 Å². The molecule has 2 atom stereocenters. The molecule has 1 aromatic rings. The Labute approximate surface area is 112 Å². The molecule has 0 fully saturated rings. The van der Waals surface area contributed by atoms with Crippen LogP contribution in [0.15, 0.2) is 18.2 Å². The summed E-state index contributed by atoms with van der Waals surface area (Å²) in [5, 5.41) is 3.66. The first-order chi connectivity index (χ1) is 8.69. The molecule has 2 rings (SSSR count). The molecule has 18 heavy (non-hydrogen) atoms. The molecule has 1 nitrogen and oxygen atoms in total. The minimum Gasteiger partial charge on any atom is -0.310 e. The maximum atomic E-state index is 3.66. The zero-order valence-electron chi connectivity index (χ0n) is 12.1. The summed E-state index contributed by atoms with van der Waals surface area (Å²) in [6.07, 6.45) is 6.47. The molecule has 2 unspecified atom stereocenters. The quantitative estimate of drug-likeness (QED) is 0.796. The van der Waals surface area contributed by atoms with Gasteiger partial charge in [0.2, 0.25) is 0 Å². The van der Waals surface area contributed by atoms with Crippen LogP contribution in [0.1, 0.15) is 56.7 Å². The normalized spacial score (nSPS) is 17.5. The van der Waals surface area contributed by atoms with E-state index in [9.17, 15) is 0 Å². The van der Waals surface area contributed by atoms with Crippen molar-refractivity contribution in [2.24, 2.45) is 5.92 Å². The van der Waals surface area contributed by atoms with Gasteiger partial charge < -0.3 is 5.32 Å². The summed E-state index contributed by atoms with van der Waals surface area (Å²) < 4.78 is 0. The van der Waals surface area contributed by atoms with Crippen LogP contribution in [0.4, 0.5) is 0 Å². The molecule has 0 aromatic heterocycles. The van der Waals surface area contributed by atoms with E-state index in [4.69, 9.17) is 0 Å². The standard InChI is InChI=1S/C17H27N/c1-4-13(2)10-14(3)18-12-15-8-9-16-6-5-7-17(16)11-15/h8-9,11,13-14,18H,4-7,10,12H2,1-3H3. The fraction of sp³-hybridized carbons (Fsp3) is 0.647. The van der Waals surface area contributed by atoms with Crippen molar-refractivity contribution in [3.8, 4) is 0 Å². The highest BCUT2D eigenvalue weighted by atomic mass is 14.9. The van der Waals surface area contributed by atoms with E-state index >= 15 is 0 Å². The first kappa shape index (κ1) is 13.6. The van der Waals surface area contributed by atoms with E-state index < -0.39 is 0 Å². The lowest BCUT2D eigenvalue weighted by Gasteiger charge is -2.17. The first-order valence-corrected chi connectivity index (χ1v) is 7.53. The summed E-state index contributed by atoms with van der Waals surface area (Å²) in [5.74, 6) is 0.826. The van der Waals surface area contributed by atoms with Crippen LogP contribution in [0.3, 0.4) is 0 Å². The number of rotatable bonds is 6. The van der Waals surface area contributed by atoms with Crippen molar-refractivity contribution in [1.29, 1.82) is 0 Å². The summed E-state index contributed by atoms with van der Waals surface area (Å²) in [6.45, 7) is 7.94. The highest BCUT2D eigenvalue weighted by molar-refractivity contribution is 5.35. The Bertz CT molecular complexity index is 383. The number of benzene rings is 1. The van der Waals surface area contributed by atoms with Gasteiger partial charge in [-0.25, -0.2) is 0 Å². The van der Waals surface area contributed by atoms with Crippen molar-refractivity contribution in [3.05, 3.63) is 34.9 Å². The molecule has 1 aromatic carbocycles. The molecular weight excluding hydrogens is 218 g/mol. The second kappa shape index (κ2) is 6.38. The van der Waals surface area contributed by atoms with Crippen molar-refractivity contribution in [2.45, 2.75) is 65.5 Å². The minimum atomic E-state index is 0.619. The largest absolute Gasteiger partial charge is 0.310 e. The van der Waals surface area contributed by atoms with Crippen LogP contribution in [-0.4, -0.2) is 6.04 Å². The van der Waals surface area contributed by atoms with Crippen molar-refractivity contribution >= 4 is 0 Å². The van der Waals surface area contributed by atoms with Crippen LogP contribution in [0, 0.1) is 5.92 Å². The fourth-order valence-electron chi connectivity index (χ4n) is 2.88. The monoisotopic (exact) mass is 245 g/mol. The Balaban J connectivity index is 1.83. The first-order valence-electron chi connectivity index (χ1n) is 7.53. The second-order valence-corrected chi connectivity index (χ2v) is 5.99. The Kier molecular flexibility index (Phi) is 4.82. The highest BCUT2D eigenvalue weighted by Gasteiger charge is 2.11. The summed E-state index contributed by atoms with van der Waals surface area (Å²) in [7, 11) is 0. The van der Waals surface area contributed by atoms with Crippen LogP contribution >= 0.6 is 0 Å². The lowest BCUT2D eigenvalue weighted by atomic mass is 10.00. The molecule has 0 heterocycles. The number of fused-ring (bicyclic) bond motifs is 1. The molecule has 100 valence electrons. The van der Waals surface area contributed by atoms with Gasteiger partial charge in [-0.05, 0) is 55.2 Å². The van der Waals surface area contributed by atoms with E-state index in [2.05, 4.69) is 44.3 Å². The molecule has 0 saturated carbocycles. The van der Waals surface area contributed by atoms with Crippen molar-refractivity contribution in [1.82, 2.24) is 5.32 Å². The molecule has 1 aliphatic carbocycles. The average Bonchev–Trinajstić information content (AvgIpc) is 2.83. The molecule has 0 saturated heterocycles. The van der Waals surface area contributed by atoms with Gasteiger partial charge in [0.05, 0.1) is 0 Å². The van der Waals surface area contributed by atoms with Crippen molar-refractivity contribution in [3.63, 3.8) is 0 Å². The van der Waals surface area contributed by atoms with Crippen molar-refractivity contribution in [2.75, 3.05) is 0 Å². The van der Waals surface area contributed by atoms with E-state index in [0.717, 1.165) is 12.5 Å². The van der Waals surface area contributed by atoms with E-state index in [-0.39, 0.29) is 0 Å². The third-order valence-corrected chi connectivity index (χ3v) is 4.27. The summed E-state index contributed by atoms with van der Waals surface area (Å²) in [4.78, 5) is 0. The predicted octanol–water partition coefficient (Wildman–Crippen LogP) is 4.09. The van der Waals surface area contributed by atoms with Gasteiger partial charge in [0.15, 0.2) is 0 Å². The Hall–Kier alpha value is -0.820. The van der Waals surface area contributed by atoms with Crippen molar-refractivity contribution < 1.29 is 0 Å². The van der Waals surface area contributed by atoms with E-state index in [0.29, 0.717) is 6.04 Å². The Morgan fingerprint density at radius 3 is 2.72 bits per heavy atom. The van der Waals surface area contributed by atoms with Crippen LogP contribution in [0.2, 0.25) is 0 Å². The van der Waals surface area contributed by atoms with Gasteiger partial charge in [-0.15, -0.1) is 0 Å². The van der Waals surface area contributed by atoms with Crippen LogP contribution in [0.5, 0.6) is 0 Å². The fourth-order valence-corrected chi connectivity index (χ4v) is 2.88. The van der Waals surface area contributed by atoms with E-state index in [1.165, 1.54) is 37.7 Å². The second-order valence-electron chi connectivity index (χ2n) is 5.99. The smallest absolute Gasteiger partial charge is 0.0208 e. The van der Waals surface area contributed by atoms with Gasteiger partial charge in [0.1, 0.15) is 0 Å². The molecule has 1 heteroatoms. The van der Waals surface area contributed by atoms with Crippen LogP contribution in [0.25, 0.3) is 0 Å². The number of aryl methyl sites for hydroxylation is 2. The number of hydrogen-bond acceptors (Lipinski definition) is 1. The van der Waals surface area contributed by atoms with Gasteiger partial charge in [0.25, 0.3) is 0 Å². The summed E-state index contributed by atoms with van der Waals surface area (Å²) in [5.41, 5.74) is 4.61. The maximum absolute atomic E-state index is 3.66. The third-order valence-electron chi connectivity index (χ3n) is 4.27. The molecule has 0 aliphatic heterocycles. The Morgan fingerprint density at radius 2 is 1.94 bits per heavy atom. The third kappa shape index (κ3) is 3.58. The molecule has 0 radical (unpaired) electrons. The predicted molar refractivity (Wildman–Crippen MR) is 78.8 cm³/mol. The maximum Gasteiger partial charge on any atom is 0.0208 e. The molecule has 1 aliphatic rings. The number of hydrogen-bond donors (Lipinski definition) is 1. The summed E-state index contributed by atoms with van der Waals surface area (Å²) >= 11 is 0. The molecular formula is C17H27N. The van der Waals surface area contributed by atoms with Gasteiger partial charge in [-0.2, -0.15) is 0 Å². The lowest BCUT2D eigenvalue weighted by molar-refractivity contribution is 0.412. The molecule has 1 N–H and O–H groups in total. The van der Waals surface area contributed by atoms with Gasteiger partial charge in [-0.3, -0.25) is 0 Å². The molecule has 0 bridgehead atoms. The highest BCUT2D eigenvalue weighted by Crippen LogP contribution is 2.22. The Morgan fingerprint density at radius 1 is 1.17 bits per heavy atom. The average molecular weight is 245 g/mol. The van der Waals surface area contributed by atoms with E-state index in [1.807, 2.05) is 0 Å². The molecule has 0 spiro atoms. The van der Waals surface area contributed by atoms with E-state index in [1.54, 1.807) is 11.1 Å². The zero-order valence-corrected chi connectivity index (χ0v) is 12.1. The van der Waals surface area contributed by atoms with Gasteiger partial charge in [-0.1, -0.05) is 38.5 Å². The SMILES string of the molecule is CCC(C)CC(C)NCc1ccc2c(c1)CCC2. The van der Waals surface area contributed by atoms with Crippen LogP contribution < -0.4 is 5.32 Å². The lowest BCUT2D eigenvalue weighted by Crippen LogP contribution is -2.27. The van der Waals surface area contributed by atoms with Crippen LogP contribution in [-0.2, 0) is 19.4 Å².